The van der Waals surface area contributed by atoms with Crippen LogP contribution in [0.3, 0.4) is 0 Å². The first-order valence-electron chi connectivity index (χ1n) is 17.5. The molecule has 13 nitrogen and oxygen atoms in total. The average Bonchev–Trinajstić information content (AvgIpc) is 3.98. The highest BCUT2D eigenvalue weighted by Gasteiger charge is 2.42. The lowest BCUT2D eigenvalue weighted by Gasteiger charge is -2.30. The lowest BCUT2D eigenvalue weighted by Crippen LogP contribution is -2.54. The van der Waals surface area contributed by atoms with Gasteiger partial charge in [-0.1, -0.05) is 18.2 Å². The van der Waals surface area contributed by atoms with Gasteiger partial charge in [0.2, 0.25) is 5.91 Å². The molecule has 3 aliphatic heterocycles. The molecule has 2 saturated heterocycles. The van der Waals surface area contributed by atoms with Crippen LogP contribution < -0.4 is 15.4 Å². The second-order valence-corrected chi connectivity index (χ2v) is 13.8. The van der Waals surface area contributed by atoms with Crippen molar-refractivity contribution in [2.24, 2.45) is 5.92 Å². The number of H-pyrrole nitrogens is 2. The van der Waals surface area contributed by atoms with Crippen LogP contribution in [0, 0.1) is 5.92 Å². The molecule has 3 aromatic carbocycles. The Kier molecular flexibility index (Phi) is 8.86. The van der Waals surface area contributed by atoms with Crippen LogP contribution in [0.25, 0.3) is 44.2 Å². The predicted octanol–water partition coefficient (Wildman–Crippen LogP) is 5.39. The second kappa shape index (κ2) is 13.6. The zero-order chi connectivity index (χ0) is 35.2. The smallest absolute Gasteiger partial charge is 0.407 e. The van der Waals surface area contributed by atoms with Crippen molar-refractivity contribution < 1.29 is 28.5 Å². The normalized spacial score (nSPS) is 20.9. The Morgan fingerprint density at radius 1 is 1.08 bits per heavy atom. The van der Waals surface area contributed by atoms with E-state index in [1.165, 1.54) is 20.6 Å². The Morgan fingerprint density at radius 2 is 1.96 bits per heavy atom. The number of alkyl carbamates (subject to hydrolysis) is 1. The van der Waals surface area contributed by atoms with Gasteiger partial charge in [0.25, 0.3) is 0 Å². The van der Waals surface area contributed by atoms with Gasteiger partial charge in [-0.15, -0.1) is 0 Å². The van der Waals surface area contributed by atoms with E-state index in [0.29, 0.717) is 32.0 Å². The second-order valence-electron chi connectivity index (χ2n) is 13.8. The molecule has 3 aliphatic rings. The summed E-state index contributed by atoms with van der Waals surface area (Å²) < 4.78 is 22.2. The molecule has 8 rings (SSSR count). The number of carbonyl (C=O) groups excluding carboxylic acids is 2. The van der Waals surface area contributed by atoms with Crippen LogP contribution in [-0.4, -0.2) is 90.0 Å². The number of aromatic amines is 2. The van der Waals surface area contributed by atoms with Gasteiger partial charge in [-0.3, -0.25) is 4.79 Å². The summed E-state index contributed by atoms with van der Waals surface area (Å²) in [7, 11) is 4.43. The highest BCUT2D eigenvalue weighted by atomic mass is 16.5. The summed E-state index contributed by atoms with van der Waals surface area (Å²) in [6, 6.07) is 13.9. The number of aromatic nitrogens is 4. The van der Waals surface area contributed by atoms with Crippen molar-refractivity contribution in [3.05, 3.63) is 65.9 Å². The number of ether oxygens (including phenoxy) is 4. The molecule has 0 spiro atoms. The third-order valence-electron chi connectivity index (χ3n) is 10.6. The number of benzene rings is 3. The van der Waals surface area contributed by atoms with Crippen LogP contribution in [0.15, 0.2) is 48.7 Å². The molecule has 0 aliphatic carbocycles. The van der Waals surface area contributed by atoms with Gasteiger partial charge in [0.1, 0.15) is 30.0 Å². The van der Waals surface area contributed by atoms with Crippen LogP contribution in [0.1, 0.15) is 55.5 Å². The number of likely N-dealkylation sites (tertiary alicyclic amines) is 1. The molecule has 0 unspecified atom stereocenters. The molecule has 0 bridgehead atoms. The third-order valence-corrected chi connectivity index (χ3v) is 10.6. The number of fused-ring (bicyclic) bond motifs is 6. The van der Waals surface area contributed by atoms with Crippen molar-refractivity contribution in [2.75, 3.05) is 41.0 Å². The number of methoxy groups -OCH3 is 3. The summed E-state index contributed by atoms with van der Waals surface area (Å²) in [5, 5.41) is 8.17. The molecule has 4 N–H and O–H groups in total. The maximum Gasteiger partial charge on any atom is 0.407 e. The SMILES string of the molecule is COC[C@H]1C[C@@H](c2nc3c(ccc4cc5c(cc43)OCc3cc(-c4cnc([C@@H]6CCCN6)[nH]4)ccc3-5)[nH]2)N(C(=O)[C@@H](NC(=O)OC)[C@@H](C)OC)C1. The van der Waals surface area contributed by atoms with E-state index in [2.05, 4.69) is 62.0 Å². The number of hydrogen-bond donors (Lipinski definition) is 4. The fourth-order valence-electron chi connectivity index (χ4n) is 7.87. The number of hydrogen-bond acceptors (Lipinski definition) is 9. The van der Waals surface area contributed by atoms with Gasteiger partial charge in [-0.05, 0) is 79.1 Å². The van der Waals surface area contributed by atoms with Gasteiger partial charge in [0.15, 0.2) is 0 Å². The van der Waals surface area contributed by atoms with Crippen molar-refractivity contribution >= 4 is 33.8 Å². The Balaban J connectivity index is 1.11. The molecule has 2 amide bonds. The average molecular weight is 694 g/mol. The summed E-state index contributed by atoms with van der Waals surface area (Å²) >= 11 is 0. The van der Waals surface area contributed by atoms with E-state index >= 15 is 0 Å². The fraction of sp³-hybridized carbons (Fsp3) is 0.421. The Labute approximate surface area is 295 Å². The van der Waals surface area contributed by atoms with E-state index in [1.807, 2.05) is 12.3 Å². The topological polar surface area (TPSA) is 156 Å². The molecule has 5 atom stereocenters. The summed E-state index contributed by atoms with van der Waals surface area (Å²) in [6.45, 7) is 4.17. The van der Waals surface area contributed by atoms with E-state index in [-0.39, 0.29) is 23.9 Å². The molecule has 5 aromatic rings. The molecule has 2 fully saturated rings. The molecule has 51 heavy (non-hydrogen) atoms. The highest BCUT2D eigenvalue weighted by molar-refractivity contribution is 6.07. The van der Waals surface area contributed by atoms with Crippen molar-refractivity contribution in [3.63, 3.8) is 0 Å². The number of amides is 2. The Bertz CT molecular complexity index is 2100. The maximum atomic E-state index is 14.0. The quantitative estimate of drug-likeness (QED) is 0.159. The van der Waals surface area contributed by atoms with Crippen molar-refractivity contribution in [2.45, 2.75) is 57.0 Å². The van der Waals surface area contributed by atoms with Crippen LogP contribution in [0.4, 0.5) is 4.79 Å². The molecular formula is C38H43N7O6. The van der Waals surface area contributed by atoms with E-state index < -0.39 is 18.2 Å². The van der Waals surface area contributed by atoms with Crippen LogP contribution in [0.5, 0.6) is 5.75 Å². The Hall–Kier alpha value is -4.98. The lowest BCUT2D eigenvalue weighted by atomic mass is 9.92. The molecule has 5 heterocycles. The van der Waals surface area contributed by atoms with Gasteiger partial charge in [0, 0.05) is 37.6 Å². The number of rotatable bonds is 9. The minimum absolute atomic E-state index is 0.0890. The van der Waals surface area contributed by atoms with Crippen LogP contribution >= 0.6 is 0 Å². The first kappa shape index (κ1) is 33.2. The molecular weight excluding hydrogens is 650 g/mol. The van der Waals surface area contributed by atoms with Gasteiger partial charge in [-0.2, -0.15) is 0 Å². The molecule has 2 aromatic heterocycles. The first-order chi connectivity index (χ1) is 24.8. The summed E-state index contributed by atoms with van der Waals surface area (Å²) in [6.07, 6.45) is 3.55. The van der Waals surface area contributed by atoms with Gasteiger partial charge >= 0.3 is 6.09 Å². The number of imidazole rings is 2. The zero-order valence-corrected chi connectivity index (χ0v) is 29.2. The maximum absolute atomic E-state index is 14.0. The third kappa shape index (κ3) is 6.08. The summed E-state index contributed by atoms with van der Waals surface area (Å²) in [5.74, 6) is 2.29. The number of nitrogens with one attached hydrogen (secondary N) is 4. The molecule has 13 heteroatoms. The minimum Gasteiger partial charge on any atom is -0.488 e. The fourth-order valence-corrected chi connectivity index (χ4v) is 7.87. The van der Waals surface area contributed by atoms with Crippen LogP contribution in [-0.2, 0) is 25.6 Å². The van der Waals surface area contributed by atoms with E-state index in [9.17, 15) is 9.59 Å². The summed E-state index contributed by atoms with van der Waals surface area (Å²) in [4.78, 5) is 44.8. The van der Waals surface area contributed by atoms with E-state index in [1.54, 1.807) is 18.9 Å². The lowest BCUT2D eigenvalue weighted by molar-refractivity contribution is -0.137. The van der Waals surface area contributed by atoms with E-state index in [0.717, 1.165) is 74.3 Å². The summed E-state index contributed by atoms with van der Waals surface area (Å²) in [5.41, 5.74) is 7.06. The van der Waals surface area contributed by atoms with Gasteiger partial charge in [-0.25, -0.2) is 14.8 Å². The minimum atomic E-state index is -0.940. The zero-order valence-electron chi connectivity index (χ0n) is 29.2. The van der Waals surface area contributed by atoms with Crippen molar-refractivity contribution in [1.29, 1.82) is 0 Å². The predicted molar refractivity (Wildman–Crippen MR) is 191 cm³/mol. The van der Waals surface area contributed by atoms with Crippen molar-refractivity contribution in [1.82, 2.24) is 35.5 Å². The Morgan fingerprint density at radius 3 is 2.75 bits per heavy atom. The standard InChI is InChI=1S/C38H43N7O6/c1-20(49-3)33(44-38(47)50-4)37(46)45-17-21(18-48-2)12-31(45)36-41-28-10-8-22-14-27-25-9-7-23(30-16-40-35(42-30)29-6-5-11-39-29)13-24(25)19-51-32(27)15-26(22)34(28)43-36/h7-10,13-16,20-21,29,31,33,39H,5-6,11-12,17-19H2,1-4H3,(H,40,42)(H,41,43)(H,44,47)/t20-,21+,29+,31+,33+/m1/s1. The van der Waals surface area contributed by atoms with Gasteiger partial charge < -0.3 is 44.4 Å². The highest BCUT2D eigenvalue weighted by Crippen LogP contribution is 2.43. The van der Waals surface area contributed by atoms with Crippen molar-refractivity contribution in [3.8, 4) is 28.1 Å². The molecule has 0 saturated carbocycles. The van der Waals surface area contributed by atoms with Gasteiger partial charge in [0.05, 0.1) is 54.8 Å². The first-order valence-corrected chi connectivity index (χ1v) is 17.5. The number of nitrogens with zero attached hydrogens (tertiary/aromatic N) is 3. The molecule has 266 valence electrons. The van der Waals surface area contributed by atoms with E-state index in [4.69, 9.17) is 23.9 Å². The number of carbonyl (C=O) groups is 2. The largest absolute Gasteiger partial charge is 0.488 e. The van der Waals surface area contributed by atoms with Crippen LogP contribution in [0.2, 0.25) is 0 Å². The monoisotopic (exact) mass is 693 g/mol. The molecule has 0 radical (unpaired) electrons.